The summed E-state index contributed by atoms with van der Waals surface area (Å²) in [6.07, 6.45) is 4.33. The third kappa shape index (κ3) is 5.90. The average molecular weight is 490 g/mol. The van der Waals surface area contributed by atoms with Gasteiger partial charge in [-0.25, -0.2) is 4.98 Å². The van der Waals surface area contributed by atoms with Crippen molar-refractivity contribution in [2.45, 2.75) is 39.3 Å². The van der Waals surface area contributed by atoms with Crippen molar-refractivity contribution in [2.75, 3.05) is 17.2 Å². The van der Waals surface area contributed by atoms with Crippen molar-refractivity contribution in [1.82, 2.24) is 24.5 Å². The van der Waals surface area contributed by atoms with Crippen LogP contribution in [0.5, 0.6) is 0 Å². The highest BCUT2D eigenvalue weighted by Crippen LogP contribution is 2.28. The number of benzene rings is 1. The van der Waals surface area contributed by atoms with E-state index in [1.165, 1.54) is 0 Å². The molecule has 33 heavy (non-hydrogen) atoms. The highest BCUT2D eigenvalue weighted by molar-refractivity contribution is 5.87. The first-order valence-electron chi connectivity index (χ1n) is 10.5. The van der Waals surface area contributed by atoms with Crippen LogP contribution in [0, 0.1) is 0 Å². The van der Waals surface area contributed by atoms with Gasteiger partial charge in [-0.1, -0.05) is 25.1 Å². The Morgan fingerprint density at radius 2 is 1.85 bits per heavy atom. The molecule has 10 heteroatoms. The zero-order chi connectivity index (χ0) is 21.8. The average Bonchev–Trinajstić information content (AvgIpc) is 3.23. The summed E-state index contributed by atoms with van der Waals surface area (Å²) in [6, 6.07) is 14.0. The molecule has 1 aromatic carbocycles. The van der Waals surface area contributed by atoms with E-state index in [9.17, 15) is 5.11 Å². The molecule has 0 bridgehead atoms. The first kappa shape index (κ1) is 26.3. The van der Waals surface area contributed by atoms with Crippen molar-refractivity contribution >= 4 is 53.4 Å². The summed E-state index contributed by atoms with van der Waals surface area (Å²) in [7, 11) is 0. The first-order chi connectivity index (χ1) is 15.1. The highest BCUT2D eigenvalue weighted by atomic mass is 35.5. The Balaban J connectivity index is 0.00000193. The molecule has 0 aliphatic carbocycles. The van der Waals surface area contributed by atoms with Crippen LogP contribution >= 0.6 is 24.8 Å². The van der Waals surface area contributed by atoms with Crippen molar-refractivity contribution < 1.29 is 5.11 Å². The maximum Gasteiger partial charge on any atom is 0.227 e. The molecule has 0 spiro atoms. The van der Waals surface area contributed by atoms with E-state index in [2.05, 4.69) is 44.4 Å². The van der Waals surface area contributed by atoms with E-state index in [-0.39, 0.29) is 43.5 Å². The molecular formula is C23H29Cl2N7O. The molecule has 0 saturated heterocycles. The van der Waals surface area contributed by atoms with Gasteiger partial charge in [0.15, 0.2) is 17.0 Å². The van der Waals surface area contributed by atoms with Gasteiger partial charge >= 0.3 is 0 Å². The molecule has 0 radical (unpaired) electrons. The van der Waals surface area contributed by atoms with Crippen LogP contribution in [0.3, 0.4) is 0 Å². The molecule has 8 nitrogen and oxygen atoms in total. The smallest absolute Gasteiger partial charge is 0.227 e. The fourth-order valence-electron chi connectivity index (χ4n) is 3.33. The molecule has 3 aromatic heterocycles. The van der Waals surface area contributed by atoms with Crippen LogP contribution in [0.4, 0.5) is 17.5 Å². The molecule has 3 heterocycles. The monoisotopic (exact) mass is 489 g/mol. The molecule has 0 saturated carbocycles. The summed E-state index contributed by atoms with van der Waals surface area (Å²) < 4.78 is 2.01. The Morgan fingerprint density at radius 1 is 1.03 bits per heavy atom. The molecule has 0 amide bonds. The summed E-state index contributed by atoms with van der Waals surface area (Å²) in [5.41, 5.74) is 4.22. The fourth-order valence-corrected chi connectivity index (χ4v) is 3.33. The number of rotatable bonds is 8. The van der Waals surface area contributed by atoms with Gasteiger partial charge in [0.05, 0.1) is 24.7 Å². The second kappa shape index (κ2) is 11.8. The summed E-state index contributed by atoms with van der Waals surface area (Å²) >= 11 is 0. The standard InChI is InChI=1S/C23H27N7O.2ClH/c1-4-17(13-31)27-23-28-21(20-22(29-23)30(14-25-20)15(2)3)26-18-9-7-8-16(12-18)19-10-5-6-11-24-19;;/h5-12,14-15,17,31H,4,13H2,1-3H3,(H2,26,27,28,29);2*1H/t17-;;/m0../s1. The molecular weight excluding hydrogens is 461 g/mol. The van der Waals surface area contributed by atoms with Crippen LogP contribution in [0.2, 0.25) is 0 Å². The molecule has 176 valence electrons. The van der Waals surface area contributed by atoms with Gasteiger partial charge < -0.3 is 20.3 Å². The Morgan fingerprint density at radius 3 is 2.52 bits per heavy atom. The quantitative estimate of drug-likeness (QED) is 0.311. The van der Waals surface area contributed by atoms with Crippen molar-refractivity contribution in [1.29, 1.82) is 0 Å². The fraction of sp³-hybridized carbons (Fsp3) is 0.304. The molecule has 1 atom stereocenters. The third-order valence-corrected chi connectivity index (χ3v) is 5.11. The zero-order valence-corrected chi connectivity index (χ0v) is 20.4. The number of nitrogens with zero attached hydrogens (tertiary/aromatic N) is 5. The molecule has 0 aliphatic rings. The lowest BCUT2D eigenvalue weighted by Gasteiger charge is -2.16. The number of hydrogen-bond acceptors (Lipinski definition) is 7. The van der Waals surface area contributed by atoms with Gasteiger partial charge in [-0.15, -0.1) is 24.8 Å². The van der Waals surface area contributed by atoms with Crippen LogP contribution < -0.4 is 10.6 Å². The van der Waals surface area contributed by atoms with E-state index < -0.39 is 0 Å². The van der Waals surface area contributed by atoms with Gasteiger partial charge in [0, 0.05) is 23.5 Å². The lowest BCUT2D eigenvalue weighted by atomic mass is 10.1. The largest absolute Gasteiger partial charge is 0.394 e. The van der Waals surface area contributed by atoms with Gasteiger partial charge in [0.1, 0.15) is 0 Å². The van der Waals surface area contributed by atoms with E-state index in [1.54, 1.807) is 12.5 Å². The Hall–Kier alpha value is -2.94. The maximum atomic E-state index is 9.59. The third-order valence-electron chi connectivity index (χ3n) is 5.11. The summed E-state index contributed by atoms with van der Waals surface area (Å²) in [4.78, 5) is 18.3. The summed E-state index contributed by atoms with van der Waals surface area (Å²) in [5.74, 6) is 1.07. The van der Waals surface area contributed by atoms with Crippen molar-refractivity contribution in [2.24, 2.45) is 0 Å². The molecule has 4 rings (SSSR count). The van der Waals surface area contributed by atoms with Gasteiger partial charge in [0.25, 0.3) is 0 Å². The van der Waals surface area contributed by atoms with Crippen molar-refractivity contribution in [3.8, 4) is 11.3 Å². The molecule has 3 N–H and O–H groups in total. The first-order valence-corrected chi connectivity index (χ1v) is 10.5. The van der Waals surface area contributed by atoms with E-state index in [0.29, 0.717) is 17.3 Å². The highest BCUT2D eigenvalue weighted by Gasteiger charge is 2.17. The minimum Gasteiger partial charge on any atom is -0.394 e. The van der Waals surface area contributed by atoms with Gasteiger partial charge in [-0.3, -0.25) is 4.98 Å². The maximum absolute atomic E-state index is 9.59. The number of aliphatic hydroxyl groups excluding tert-OH is 1. The number of anilines is 3. The number of nitrogens with one attached hydrogen (secondary N) is 2. The SMILES string of the molecule is CC[C@@H](CO)Nc1nc(Nc2cccc(-c3ccccn3)c2)c2ncn(C(C)C)c2n1.Cl.Cl. The number of pyridine rings is 1. The van der Waals surface area contributed by atoms with E-state index in [4.69, 9.17) is 0 Å². The van der Waals surface area contributed by atoms with Crippen LogP contribution in [0.25, 0.3) is 22.4 Å². The van der Waals surface area contributed by atoms with E-state index in [1.807, 2.05) is 54.0 Å². The van der Waals surface area contributed by atoms with Gasteiger partial charge in [-0.05, 0) is 44.5 Å². The zero-order valence-electron chi connectivity index (χ0n) is 18.8. The minimum absolute atomic E-state index is 0. The van der Waals surface area contributed by atoms with Crippen LogP contribution in [-0.4, -0.2) is 42.3 Å². The molecule has 0 fully saturated rings. The normalized spacial score (nSPS) is 11.5. The summed E-state index contributed by atoms with van der Waals surface area (Å²) in [5, 5.41) is 16.2. The predicted molar refractivity (Wildman–Crippen MR) is 138 cm³/mol. The topological polar surface area (TPSA) is 101 Å². The van der Waals surface area contributed by atoms with E-state index >= 15 is 0 Å². The minimum atomic E-state index is -0.117. The van der Waals surface area contributed by atoms with E-state index in [0.717, 1.165) is 29.0 Å². The number of aromatic nitrogens is 5. The number of imidazole rings is 1. The Labute approximate surface area is 205 Å². The van der Waals surface area contributed by atoms with Crippen LogP contribution in [-0.2, 0) is 0 Å². The Bertz CT molecular complexity index is 1160. The van der Waals surface area contributed by atoms with Crippen molar-refractivity contribution in [3.63, 3.8) is 0 Å². The lowest BCUT2D eigenvalue weighted by molar-refractivity contribution is 0.271. The van der Waals surface area contributed by atoms with Crippen LogP contribution in [0.15, 0.2) is 55.0 Å². The lowest BCUT2D eigenvalue weighted by Crippen LogP contribution is -2.24. The number of fused-ring (bicyclic) bond motifs is 1. The number of halogens is 2. The molecule has 0 aliphatic heterocycles. The van der Waals surface area contributed by atoms with Crippen molar-refractivity contribution in [3.05, 3.63) is 55.0 Å². The van der Waals surface area contributed by atoms with Gasteiger partial charge in [-0.2, -0.15) is 9.97 Å². The molecule has 0 unspecified atom stereocenters. The Kier molecular flexibility index (Phi) is 9.40. The van der Waals surface area contributed by atoms with Gasteiger partial charge in [0.2, 0.25) is 5.95 Å². The predicted octanol–water partition coefficient (Wildman–Crippen LogP) is 5.24. The van der Waals surface area contributed by atoms with Crippen LogP contribution in [0.1, 0.15) is 33.2 Å². The number of hydrogen-bond donors (Lipinski definition) is 3. The molecule has 4 aromatic rings. The second-order valence-corrected chi connectivity index (χ2v) is 7.67. The summed E-state index contributed by atoms with van der Waals surface area (Å²) in [6.45, 7) is 6.19. The number of aliphatic hydroxyl groups is 1. The second-order valence-electron chi connectivity index (χ2n) is 7.67.